The zero-order valence-electron chi connectivity index (χ0n) is 13.5. The van der Waals surface area contributed by atoms with Crippen molar-refractivity contribution in [1.82, 2.24) is 9.80 Å². The van der Waals surface area contributed by atoms with Gasteiger partial charge in [0.1, 0.15) is 11.8 Å². The second kappa shape index (κ2) is 5.97. The molecule has 0 aliphatic carbocycles. The first-order valence-corrected chi connectivity index (χ1v) is 9.46. The van der Waals surface area contributed by atoms with Crippen LogP contribution in [0.15, 0.2) is 18.2 Å². The molecule has 1 aromatic rings. The molecule has 24 heavy (non-hydrogen) atoms. The molecule has 1 unspecified atom stereocenters. The molecule has 0 spiro atoms. The second-order valence-electron chi connectivity index (χ2n) is 5.97. The van der Waals surface area contributed by atoms with Crippen LogP contribution in [0, 0.1) is 0 Å². The maximum absolute atomic E-state index is 12.4. The molecule has 0 saturated carbocycles. The topological polar surface area (TPSA) is 96.0 Å². The van der Waals surface area contributed by atoms with Crippen LogP contribution in [-0.4, -0.2) is 56.1 Å². The first-order chi connectivity index (χ1) is 11.3. The molecule has 2 fully saturated rings. The van der Waals surface area contributed by atoms with Crippen LogP contribution in [0.2, 0.25) is 0 Å². The van der Waals surface area contributed by atoms with Gasteiger partial charge in [0.2, 0.25) is 10.0 Å². The Balaban J connectivity index is 1.84. The number of carbonyl (C=O) groups is 2. The van der Waals surface area contributed by atoms with Gasteiger partial charge in [-0.15, -0.1) is 0 Å². The Hall–Kier alpha value is -2.29. The largest absolute Gasteiger partial charge is 0.495 e. The van der Waals surface area contributed by atoms with Crippen LogP contribution in [-0.2, 0) is 21.4 Å². The molecule has 3 amide bonds. The van der Waals surface area contributed by atoms with Gasteiger partial charge < -0.3 is 9.64 Å². The molecule has 1 N–H and O–H groups in total. The Labute approximate surface area is 140 Å². The summed E-state index contributed by atoms with van der Waals surface area (Å²) >= 11 is 0. The van der Waals surface area contributed by atoms with E-state index in [4.69, 9.17) is 4.74 Å². The van der Waals surface area contributed by atoms with Crippen LogP contribution in [0.4, 0.5) is 10.5 Å². The number of ether oxygens (including phenoxy) is 1. The number of carbonyl (C=O) groups excluding carboxylic acids is 2. The molecular weight excluding hydrogens is 334 g/mol. The van der Waals surface area contributed by atoms with E-state index in [1.165, 1.54) is 12.0 Å². The van der Waals surface area contributed by atoms with Crippen molar-refractivity contribution < 1.29 is 22.7 Å². The molecule has 0 aromatic heterocycles. The number of rotatable bonds is 5. The highest BCUT2D eigenvalue weighted by atomic mass is 32.2. The first kappa shape index (κ1) is 16.6. The SMILES string of the molecule is COc1ccc(CN2C(=O)C3CCCN3C2=O)cc1NS(C)(=O)=O. The molecule has 0 bridgehead atoms. The van der Waals surface area contributed by atoms with Gasteiger partial charge in [-0.3, -0.25) is 14.4 Å². The maximum atomic E-state index is 12.4. The summed E-state index contributed by atoms with van der Waals surface area (Å²) < 4.78 is 30.5. The third-order valence-electron chi connectivity index (χ3n) is 4.18. The van der Waals surface area contributed by atoms with Gasteiger partial charge in [-0.05, 0) is 30.5 Å². The van der Waals surface area contributed by atoms with Crippen molar-refractivity contribution >= 4 is 27.6 Å². The third kappa shape index (κ3) is 3.03. The number of nitrogens with one attached hydrogen (secondary N) is 1. The van der Waals surface area contributed by atoms with Crippen LogP contribution in [0.1, 0.15) is 18.4 Å². The predicted molar refractivity (Wildman–Crippen MR) is 87.1 cm³/mol. The molecule has 1 aromatic carbocycles. The molecule has 1 atom stereocenters. The van der Waals surface area contributed by atoms with E-state index in [1.54, 1.807) is 23.1 Å². The second-order valence-corrected chi connectivity index (χ2v) is 7.72. The fourth-order valence-corrected chi connectivity index (χ4v) is 3.70. The Bertz CT molecular complexity index is 770. The quantitative estimate of drug-likeness (QED) is 0.797. The van der Waals surface area contributed by atoms with E-state index < -0.39 is 10.0 Å². The minimum atomic E-state index is -3.47. The van der Waals surface area contributed by atoms with Gasteiger partial charge in [0.15, 0.2) is 0 Å². The van der Waals surface area contributed by atoms with Gasteiger partial charge in [-0.1, -0.05) is 6.07 Å². The number of urea groups is 1. The van der Waals surface area contributed by atoms with Crippen molar-refractivity contribution in [3.05, 3.63) is 23.8 Å². The normalized spacial score (nSPS) is 20.5. The molecule has 9 heteroatoms. The van der Waals surface area contributed by atoms with Crippen LogP contribution < -0.4 is 9.46 Å². The summed E-state index contributed by atoms with van der Waals surface area (Å²) in [4.78, 5) is 27.5. The Morgan fingerprint density at radius 2 is 2.08 bits per heavy atom. The number of hydrogen-bond acceptors (Lipinski definition) is 5. The highest BCUT2D eigenvalue weighted by Gasteiger charge is 2.47. The molecule has 2 aliphatic rings. The molecule has 3 rings (SSSR count). The molecule has 8 nitrogen and oxygen atoms in total. The third-order valence-corrected chi connectivity index (χ3v) is 4.77. The molecule has 130 valence electrons. The van der Waals surface area contributed by atoms with Crippen molar-refractivity contribution in [3.8, 4) is 5.75 Å². The lowest BCUT2D eigenvalue weighted by Crippen LogP contribution is -2.32. The van der Waals surface area contributed by atoms with Gasteiger partial charge in [0.05, 0.1) is 25.6 Å². The average Bonchev–Trinajstić information content (AvgIpc) is 3.06. The molecule has 0 radical (unpaired) electrons. The summed E-state index contributed by atoms with van der Waals surface area (Å²) in [6.07, 6.45) is 2.59. The monoisotopic (exact) mass is 353 g/mol. The predicted octanol–water partition coefficient (Wildman–Crippen LogP) is 0.993. The van der Waals surface area contributed by atoms with E-state index in [1.807, 2.05) is 0 Å². The van der Waals surface area contributed by atoms with Crippen LogP contribution in [0.5, 0.6) is 5.75 Å². The van der Waals surface area contributed by atoms with E-state index in [-0.39, 0.29) is 30.2 Å². The van der Waals surface area contributed by atoms with Crippen molar-refractivity contribution in [3.63, 3.8) is 0 Å². The highest BCUT2D eigenvalue weighted by Crippen LogP contribution is 2.31. The number of hydrogen-bond donors (Lipinski definition) is 1. The van der Waals surface area contributed by atoms with Crippen LogP contribution >= 0.6 is 0 Å². The fraction of sp³-hybridized carbons (Fsp3) is 0.467. The van der Waals surface area contributed by atoms with E-state index in [0.29, 0.717) is 24.3 Å². The molecule has 2 aliphatic heterocycles. The van der Waals surface area contributed by atoms with Crippen LogP contribution in [0.3, 0.4) is 0 Å². The van der Waals surface area contributed by atoms with E-state index in [0.717, 1.165) is 12.7 Å². The van der Waals surface area contributed by atoms with Gasteiger partial charge in [-0.2, -0.15) is 0 Å². The minimum Gasteiger partial charge on any atom is -0.495 e. The van der Waals surface area contributed by atoms with Gasteiger partial charge in [-0.25, -0.2) is 13.2 Å². The van der Waals surface area contributed by atoms with Crippen molar-refractivity contribution in [2.24, 2.45) is 0 Å². The van der Waals surface area contributed by atoms with Gasteiger partial charge in [0.25, 0.3) is 5.91 Å². The fourth-order valence-electron chi connectivity index (χ4n) is 3.14. The number of amides is 3. The smallest absolute Gasteiger partial charge is 0.327 e. The summed E-state index contributed by atoms with van der Waals surface area (Å²) in [6.45, 7) is 0.711. The Morgan fingerprint density at radius 3 is 2.71 bits per heavy atom. The van der Waals surface area contributed by atoms with Crippen LogP contribution in [0.25, 0.3) is 0 Å². The summed E-state index contributed by atoms with van der Waals surface area (Å²) in [5.41, 5.74) is 0.918. The number of anilines is 1. The number of fused-ring (bicyclic) bond motifs is 1. The highest BCUT2D eigenvalue weighted by molar-refractivity contribution is 7.92. The summed E-state index contributed by atoms with van der Waals surface area (Å²) in [5, 5.41) is 0. The molecule has 2 saturated heterocycles. The van der Waals surface area contributed by atoms with E-state index in [9.17, 15) is 18.0 Å². The summed E-state index contributed by atoms with van der Waals surface area (Å²) in [7, 11) is -2.04. The van der Waals surface area contributed by atoms with E-state index >= 15 is 0 Å². The number of methoxy groups -OCH3 is 1. The van der Waals surface area contributed by atoms with Crippen molar-refractivity contribution in [1.29, 1.82) is 0 Å². The lowest BCUT2D eigenvalue weighted by Gasteiger charge is -2.17. The lowest BCUT2D eigenvalue weighted by molar-refractivity contribution is -0.128. The van der Waals surface area contributed by atoms with Crippen molar-refractivity contribution in [2.45, 2.75) is 25.4 Å². The lowest BCUT2D eigenvalue weighted by atomic mass is 10.1. The molecule has 2 heterocycles. The number of nitrogens with zero attached hydrogens (tertiary/aromatic N) is 2. The zero-order chi connectivity index (χ0) is 17.5. The standard InChI is InChI=1S/C15H19N3O5S/c1-23-13-6-5-10(8-11(13)16-24(2,21)22)9-18-14(19)12-4-3-7-17(12)15(18)20/h5-6,8,12,16H,3-4,7,9H2,1-2H3. The number of benzene rings is 1. The minimum absolute atomic E-state index is 0.104. The number of sulfonamides is 1. The van der Waals surface area contributed by atoms with Crippen molar-refractivity contribution in [2.75, 3.05) is 24.6 Å². The van der Waals surface area contributed by atoms with Gasteiger partial charge >= 0.3 is 6.03 Å². The summed E-state index contributed by atoms with van der Waals surface area (Å²) in [5.74, 6) is 0.176. The van der Waals surface area contributed by atoms with Gasteiger partial charge in [0, 0.05) is 6.54 Å². The number of imide groups is 1. The molecular formula is C15H19N3O5S. The summed E-state index contributed by atoms with van der Waals surface area (Å²) in [6, 6.07) is 4.26. The Morgan fingerprint density at radius 1 is 1.33 bits per heavy atom. The maximum Gasteiger partial charge on any atom is 0.327 e. The first-order valence-electron chi connectivity index (χ1n) is 7.57. The Kier molecular flexibility index (Phi) is 4.12. The average molecular weight is 353 g/mol. The zero-order valence-corrected chi connectivity index (χ0v) is 14.3. The van der Waals surface area contributed by atoms with E-state index in [2.05, 4.69) is 4.72 Å².